The topological polar surface area (TPSA) is 38.7 Å². The average Bonchev–Trinajstić information content (AvgIpc) is 3.48. The highest BCUT2D eigenvalue weighted by molar-refractivity contribution is 5.97. The van der Waals surface area contributed by atoms with Gasteiger partial charge in [-0.05, 0) is 162 Å². The van der Waals surface area contributed by atoms with E-state index in [0.717, 1.165) is 117 Å². The molecule has 0 atom stereocenters. The van der Waals surface area contributed by atoms with E-state index >= 15 is 4.39 Å². The van der Waals surface area contributed by atoms with Crippen molar-refractivity contribution in [2.24, 2.45) is 0 Å². The Morgan fingerprint density at radius 2 is 0.521 bits per heavy atom. The second-order valence-electron chi connectivity index (χ2n) is 18.1. The van der Waals surface area contributed by atoms with Crippen LogP contribution in [0.15, 0.2) is 279 Å². The first-order chi connectivity index (χ1) is 36.1. The number of hydrogen-bond acceptors (Lipinski definition) is 3. The zero-order valence-corrected chi connectivity index (χ0v) is 39.8. The fraction of sp³-hybridized carbons (Fsp3) is 0. The maximum atomic E-state index is 15.6. The molecule has 0 N–H and O–H groups in total. The summed E-state index contributed by atoms with van der Waals surface area (Å²) in [5, 5.41) is 0. The molecule has 0 bridgehead atoms. The highest BCUT2D eigenvalue weighted by atomic mass is 19.1. The van der Waals surface area contributed by atoms with E-state index in [4.69, 9.17) is 4.98 Å². The van der Waals surface area contributed by atoms with Crippen LogP contribution < -0.4 is 0 Å². The van der Waals surface area contributed by atoms with Gasteiger partial charge < -0.3 is 0 Å². The van der Waals surface area contributed by atoms with E-state index in [2.05, 4.69) is 198 Å². The fourth-order valence-electron chi connectivity index (χ4n) is 9.95. The first-order valence-corrected chi connectivity index (χ1v) is 24.5. The van der Waals surface area contributed by atoms with Crippen LogP contribution in [-0.4, -0.2) is 15.0 Å². The van der Waals surface area contributed by atoms with E-state index in [1.807, 2.05) is 73.1 Å². The van der Waals surface area contributed by atoms with Gasteiger partial charge in [0.2, 0.25) is 0 Å². The van der Waals surface area contributed by atoms with Crippen LogP contribution in [0.25, 0.3) is 123 Å². The summed E-state index contributed by atoms with van der Waals surface area (Å²) < 4.78 is 15.6. The summed E-state index contributed by atoms with van der Waals surface area (Å²) in [6.07, 6.45) is 5.47. The van der Waals surface area contributed by atoms with Crippen LogP contribution >= 0.6 is 0 Å². The Kier molecular flexibility index (Phi) is 12.2. The molecule has 3 heterocycles. The van der Waals surface area contributed by atoms with E-state index < -0.39 is 0 Å². The molecule has 73 heavy (non-hydrogen) atoms. The molecule has 3 aromatic heterocycles. The van der Waals surface area contributed by atoms with Gasteiger partial charge in [-0.2, -0.15) is 0 Å². The number of nitrogens with zero attached hydrogens (tertiary/aromatic N) is 3. The Morgan fingerprint density at radius 3 is 1.03 bits per heavy atom. The summed E-state index contributed by atoms with van der Waals surface area (Å²) >= 11 is 0. The SMILES string of the molecule is Fc1ccc(-c2cc(-c3ccccc3-c3ccc(-c4ccccn4)cc3)cc(-c3ccccc3-c3ccc(-c4ccccn4)cc3-c3ccc(-c4ccccc4)cc3)c2)c(-c2ccc(-c3ccccn3)cc2)c1. The summed E-state index contributed by atoms with van der Waals surface area (Å²) in [6.45, 7) is 0. The van der Waals surface area contributed by atoms with E-state index in [1.165, 1.54) is 5.56 Å². The van der Waals surface area contributed by atoms with Crippen LogP contribution in [0.4, 0.5) is 4.39 Å². The highest BCUT2D eigenvalue weighted by Crippen LogP contribution is 2.45. The molecule has 0 unspecified atom stereocenters. The van der Waals surface area contributed by atoms with Gasteiger partial charge in [-0.15, -0.1) is 0 Å². The number of aromatic nitrogens is 3. The summed E-state index contributed by atoms with van der Waals surface area (Å²) in [5.74, 6) is -0.299. The van der Waals surface area contributed by atoms with Crippen molar-refractivity contribution in [3.05, 3.63) is 285 Å². The fourth-order valence-corrected chi connectivity index (χ4v) is 9.95. The second kappa shape index (κ2) is 20.0. The molecule has 12 aromatic rings. The zero-order valence-electron chi connectivity index (χ0n) is 39.8. The molecule has 0 spiro atoms. The van der Waals surface area contributed by atoms with Crippen molar-refractivity contribution in [2.45, 2.75) is 0 Å². The van der Waals surface area contributed by atoms with E-state index in [1.54, 1.807) is 18.3 Å². The Hall–Kier alpha value is -9.64. The summed E-state index contributed by atoms with van der Waals surface area (Å²) in [7, 11) is 0. The lowest BCUT2D eigenvalue weighted by Crippen LogP contribution is -1.94. The predicted molar refractivity (Wildman–Crippen MR) is 300 cm³/mol. The minimum atomic E-state index is -0.299. The minimum absolute atomic E-state index is 0.299. The standard InChI is InChI=1S/C69H46FN3/c70-58-36-38-62(66(46-58)51-29-33-53(34-30-51)68-21-9-12-40-72-68)57-43-55(60-17-5-4-16-59(60)49-27-31-52(32-28-49)67-20-8-11-39-71-67)42-56(44-57)61-18-6-7-19-63(61)64-37-35-54(69-22-10-13-41-73-69)45-65(64)50-25-23-48(24-26-50)47-14-2-1-3-15-47/h1-46H. The first kappa shape index (κ1) is 44.6. The van der Waals surface area contributed by atoms with E-state index in [-0.39, 0.29) is 5.82 Å². The van der Waals surface area contributed by atoms with Crippen LogP contribution in [0, 0.1) is 5.82 Å². The quantitative estimate of drug-likeness (QED) is 0.130. The van der Waals surface area contributed by atoms with Crippen molar-refractivity contribution in [3.63, 3.8) is 0 Å². The van der Waals surface area contributed by atoms with Crippen LogP contribution in [0.1, 0.15) is 0 Å². The number of hydrogen-bond donors (Lipinski definition) is 0. The summed E-state index contributed by atoms with van der Waals surface area (Å²) in [6, 6.07) is 90.1. The van der Waals surface area contributed by atoms with Gasteiger partial charge in [0.15, 0.2) is 0 Å². The maximum Gasteiger partial charge on any atom is 0.123 e. The van der Waals surface area contributed by atoms with Gasteiger partial charge in [-0.1, -0.05) is 188 Å². The third-order valence-electron chi connectivity index (χ3n) is 13.6. The smallest absolute Gasteiger partial charge is 0.123 e. The van der Waals surface area contributed by atoms with Crippen LogP contribution in [0.5, 0.6) is 0 Å². The monoisotopic (exact) mass is 935 g/mol. The van der Waals surface area contributed by atoms with Gasteiger partial charge in [-0.25, -0.2) is 4.39 Å². The minimum Gasteiger partial charge on any atom is -0.256 e. The Balaban J connectivity index is 1.04. The highest BCUT2D eigenvalue weighted by Gasteiger charge is 2.19. The molecule has 344 valence electrons. The van der Waals surface area contributed by atoms with Crippen molar-refractivity contribution < 1.29 is 4.39 Å². The number of halogens is 1. The molecule has 0 aliphatic carbocycles. The van der Waals surface area contributed by atoms with Gasteiger partial charge in [0.25, 0.3) is 0 Å². The van der Waals surface area contributed by atoms with Crippen molar-refractivity contribution in [3.8, 4) is 123 Å². The maximum absolute atomic E-state index is 15.6. The van der Waals surface area contributed by atoms with Crippen LogP contribution in [-0.2, 0) is 0 Å². The second-order valence-corrected chi connectivity index (χ2v) is 18.1. The van der Waals surface area contributed by atoms with Gasteiger partial charge in [0.05, 0.1) is 17.1 Å². The largest absolute Gasteiger partial charge is 0.256 e. The molecule has 0 saturated heterocycles. The molecule has 0 amide bonds. The lowest BCUT2D eigenvalue weighted by molar-refractivity contribution is 0.628. The molecule has 12 rings (SSSR count). The number of benzene rings is 9. The third-order valence-corrected chi connectivity index (χ3v) is 13.6. The molecule has 0 aliphatic heterocycles. The van der Waals surface area contributed by atoms with E-state index in [9.17, 15) is 0 Å². The van der Waals surface area contributed by atoms with Crippen molar-refractivity contribution in [1.29, 1.82) is 0 Å². The number of pyridine rings is 3. The van der Waals surface area contributed by atoms with Crippen LogP contribution in [0.2, 0.25) is 0 Å². The molecule has 0 radical (unpaired) electrons. The molecule has 0 saturated carbocycles. The molecular formula is C69H46FN3. The van der Waals surface area contributed by atoms with E-state index in [0.29, 0.717) is 0 Å². The normalized spacial score (nSPS) is 11.1. The van der Waals surface area contributed by atoms with Gasteiger partial charge in [0.1, 0.15) is 5.82 Å². The molecule has 4 heteroatoms. The van der Waals surface area contributed by atoms with Crippen molar-refractivity contribution in [2.75, 3.05) is 0 Å². The molecule has 9 aromatic carbocycles. The average molecular weight is 936 g/mol. The molecule has 3 nitrogen and oxygen atoms in total. The molecular weight excluding hydrogens is 890 g/mol. The van der Waals surface area contributed by atoms with Crippen molar-refractivity contribution in [1.82, 2.24) is 15.0 Å². The lowest BCUT2D eigenvalue weighted by Gasteiger charge is -2.19. The van der Waals surface area contributed by atoms with Gasteiger partial charge in [0, 0.05) is 35.3 Å². The van der Waals surface area contributed by atoms with Gasteiger partial charge >= 0.3 is 0 Å². The first-order valence-electron chi connectivity index (χ1n) is 24.5. The van der Waals surface area contributed by atoms with Crippen LogP contribution in [0.3, 0.4) is 0 Å². The number of rotatable bonds is 11. The Bertz CT molecular complexity index is 3860. The Labute approximate surface area is 425 Å². The Morgan fingerprint density at radius 1 is 0.192 bits per heavy atom. The lowest BCUT2D eigenvalue weighted by atomic mass is 9.84. The summed E-state index contributed by atoms with van der Waals surface area (Å²) in [4.78, 5) is 13.9. The molecule has 0 fully saturated rings. The summed E-state index contributed by atoms with van der Waals surface area (Å²) in [5.41, 5.74) is 22.5. The predicted octanol–water partition coefficient (Wildman–Crippen LogP) is 18.3. The third kappa shape index (κ3) is 9.29. The molecule has 0 aliphatic rings. The van der Waals surface area contributed by atoms with Gasteiger partial charge in [-0.3, -0.25) is 15.0 Å². The van der Waals surface area contributed by atoms with Crippen molar-refractivity contribution >= 4 is 0 Å². The zero-order chi connectivity index (χ0) is 48.9.